The average Bonchev–Trinajstić information content (AvgIpc) is 3.00. The molecular weight excluding hydrogens is 371 g/mol. The number of aryl methyl sites for hydroxylation is 1. The van der Waals surface area contributed by atoms with Crippen molar-refractivity contribution in [3.63, 3.8) is 0 Å². The largest absolute Gasteiger partial charge is 0.323 e. The molecule has 9 heteroatoms. The standard InChI is InChI=1S/C18H21FN4O3S/c1-11-8-9-15(14(19)10-11)20-17(24)16-12(2)21-22-18(16)27(25,26)23-13-6-4-3-5-7-13/h3-10,12,16,18,21-23H,1-2H3,(H,20,24). The van der Waals surface area contributed by atoms with Gasteiger partial charge in [0.05, 0.1) is 11.6 Å². The zero-order valence-electron chi connectivity index (χ0n) is 14.9. The van der Waals surface area contributed by atoms with E-state index >= 15 is 0 Å². The van der Waals surface area contributed by atoms with Crippen LogP contribution in [-0.4, -0.2) is 25.7 Å². The summed E-state index contributed by atoms with van der Waals surface area (Å²) in [6.45, 7) is 3.42. The second-order valence-electron chi connectivity index (χ2n) is 6.51. The molecule has 1 amide bonds. The second-order valence-corrected chi connectivity index (χ2v) is 8.31. The minimum absolute atomic E-state index is 0.0110. The average molecular weight is 392 g/mol. The van der Waals surface area contributed by atoms with Gasteiger partial charge in [0, 0.05) is 11.7 Å². The third-order valence-electron chi connectivity index (χ3n) is 4.37. The zero-order chi connectivity index (χ0) is 19.6. The smallest absolute Gasteiger partial charge is 0.250 e. The van der Waals surface area contributed by atoms with Gasteiger partial charge in [-0.05, 0) is 43.7 Å². The SMILES string of the molecule is Cc1ccc(NC(=O)C2C(C)NNC2S(=O)(=O)Nc2ccccc2)c(F)c1. The van der Waals surface area contributed by atoms with Gasteiger partial charge in [0.1, 0.15) is 5.82 Å². The molecule has 1 fully saturated rings. The highest BCUT2D eigenvalue weighted by Crippen LogP contribution is 2.24. The van der Waals surface area contributed by atoms with Crippen molar-refractivity contribution in [1.82, 2.24) is 10.9 Å². The van der Waals surface area contributed by atoms with Crippen molar-refractivity contribution >= 4 is 27.3 Å². The summed E-state index contributed by atoms with van der Waals surface area (Å²) in [6.07, 6.45) is 0. The van der Waals surface area contributed by atoms with E-state index in [9.17, 15) is 17.6 Å². The summed E-state index contributed by atoms with van der Waals surface area (Å²) in [5.41, 5.74) is 6.55. The normalized spacial score (nSPS) is 22.4. The second kappa shape index (κ2) is 7.63. The number of anilines is 2. The highest BCUT2D eigenvalue weighted by Gasteiger charge is 2.46. The molecule has 1 saturated heterocycles. The molecule has 1 aliphatic rings. The van der Waals surface area contributed by atoms with Crippen LogP contribution < -0.4 is 20.9 Å². The van der Waals surface area contributed by atoms with Gasteiger partial charge >= 0.3 is 0 Å². The van der Waals surface area contributed by atoms with Crippen molar-refractivity contribution in [3.8, 4) is 0 Å². The summed E-state index contributed by atoms with van der Waals surface area (Å²) in [7, 11) is -3.93. The van der Waals surface area contributed by atoms with Gasteiger partial charge in [-0.3, -0.25) is 14.9 Å². The fourth-order valence-electron chi connectivity index (χ4n) is 2.96. The molecule has 1 aliphatic heterocycles. The lowest BCUT2D eigenvalue weighted by Crippen LogP contribution is -2.45. The van der Waals surface area contributed by atoms with Crippen LogP contribution >= 0.6 is 0 Å². The van der Waals surface area contributed by atoms with Crippen molar-refractivity contribution in [1.29, 1.82) is 0 Å². The molecule has 3 rings (SSSR count). The van der Waals surface area contributed by atoms with Crippen LogP contribution in [0.2, 0.25) is 0 Å². The molecule has 0 aliphatic carbocycles. The summed E-state index contributed by atoms with van der Waals surface area (Å²) in [4.78, 5) is 12.7. The first-order chi connectivity index (χ1) is 12.8. The number of hydrogen-bond acceptors (Lipinski definition) is 5. The van der Waals surface area contributed by atoms with E-state index in [1.54, 1.807) is 50.2 Å². The maximum Gasteiger partial charge on any atom is 0.250 e. The minimum Gasteiger partial charge on any atom is -0.323 e. The van der Waals surface area contributed by atoms with Gasteiger partial charge in [0.25, 0.3) is 10.0 Å². The lowest BCUT2D eigenvalue weighted by molar-refractivity contribution is -0.119. The first-order valence-corrected chi connectivity index (χ1v) is 9.97. The van der Waals surface area contributed by atoms with Crippen LogP contribution in [0, 0.1) is 18.7 Å². The Morgan fingerprint density at radius 2 is 1.81 bits per heavy atom. The van der Waals surface area contributed by atoms with E-state index in [1.807, 2.05) is 0 Å². The monoisotopic (exact) mass is 392 g/mol. The van der Waals surface area contributed by atoms with Gasteiger partial charge in [-0.2, -0.15) is 0 Å². The minimum atomic E-state index is -3.93. The lowest BCUT2D eigenvalue weighted by atomic mass is 10.0. The molecule has 144 valence electrons. The van der Waals surface area contributed by atoms with E-state index < -0.39 is 39.1 Å². The number of halogens is 1. The summed E-state index contributed by atoms with van der Waals surface area (Å²) in [5.74, 6) is -2.13. The topological polar surface area (TPSA) is 99.3 Å². The van der Waals surface area contributed by atoms with Crippen LogP contribution in [0.1, 0.15) is 12.5 Å². The van der Waals surface area contributed by atoms with Crippen LogP contribution in [0.5, 0.6) is 0 Å². The summed E-state index contributed by atoms with van der Waals surface area (Å²) >= 11 is 0. The van der Waals surface area contributed by atoms with Crippen molar-refractivity contribution < 1.29 is 17.6 Å². The molecule has 0 spiro atoms. The fourth-order valence-corrected chi connectivity index (χ4v) is 4.52. The van der Waals surface area contributed by atoms with Crippen LogP contribution in [0.3, 0.4) is 0 Å². The highest BCUT2D eigenvalue weighted by molar-refractivity contribution is 7.93. The van der Waals surface area contributed by atoms with Gasteiger partial charge < -0.3 is 5.32 Å². The molecule has 0 radical (unpaired) electrons. The van der Waals surface area contributed by atoms with E-state index in [0.29, 0.717) is 5.69 Å². The predicted molar refractivity (Wildman–Crippen MR) is 102 cm³/mol. The van der Waals surface area contributed by atoms with Gasteiger partial charge in [-0.15, -0.1) is 0 Å². The molecule has 4 N–H and O–H groups in total. The first-order valence-electron chi connectivity index (χ1n) is 8.43. The van der Waals surface area contributed by atoms with E-state index in [2.05, 4.69) is 20.9 Å². The van der Waals surface area contributed by atoms with Gasteiger partial charge in [0.2, 0.25) is 5.91 Å². The summed E-state index contributed by atoms with van der Waals surface area (Å²) in [6, 6.07) is 12.3. The molecule has 2 aromatic carbocycles. The molecule has 3 atom stereocenters. The number of hydrogen-bond donors (Lipinski definition) is 4. The van der Waals surface area contributed by atoms with E-state index in [0.717, 1.165) is 5.56 Å². The fraction of sp³-hybridized carbons (Fsp3) is 0.278. The Hall–Kier alpha value is -2.49. The first kappa shape index (κ1) is 19.3. The molecule has 0 bridgehead atoms. The predicted octanol–water partition coefficient (Wildman–Crippen LogP) is 1.95. The Morgan fingerprint density at radius 1 is 1.11 bits per heavy atom. The zero-order valence-corrected chi connectivity index (χ0v) is 15.7. The summed E-state index contributed by atoms with van der Waals surface area (Å²) < 4.78 is 42.0. The number of para-hydroxylation sites is 1. The summed E-state index contributed by atoms with van der Waals surface area (Å²) in [5, 5.41) is 1.27. The molecule has 0 aromatic heterocycles. The van der Waals surface area contributed by atoms with Crippen molar-refractivity contribution in [2.75, 3.05) is 10.0 Å². The number of benzene rings is 2. The van der Waals surface area contributed by atoms with Crippen LogP contribution in [0.15, 0.2) is 48.5 Å². The van der Waals surface area contributed by atoms with Crippen LogP contribution in [0.4, 0.5) is 15.8 Å². The molecular formula is C18H21FN4O3S. The van der Waals surface area contributed by atoms with Crippen molar-refractivity contribution in [3.05, 3.63) is 59.9 Å². The molecule has 3 unspecified atom stereocenters. The quantitative estimate of drug-likeness (QED) is 0.623. The number of carbonyl (C=O) groups is 1. The van der Waals surface area contributed by atoms with Crippen molar-refractivity contribution in [2.45, 2.75) is 25.3 Å². The third-order valence-corrected chi connectivity index (χ3v) is 5.97. The van der Waals surface area contributed by atoms with Crippen LogP contribution in [-0.2, 0) is 14.8 Å². The lowest BCUT2D eigenvalue weighted by Gasteiger charge is -2.21. The number of sulfonamides is 1. The van der Waals surface area contributed by atoms with E-state index in [1.165, 1.54) is 12.1 Å². The van der Waals surface area contributed by atoms with Gasteiger partial charge in [0.15, 0.2) is 5.37 Å². The Bertz CT molecular complexity index is 937. The molecule has 7 nitrogen and oxygen atoms in total. The maximum atomic E-state index is 14.0. The van der Waals surface area contributed by atoms with E-state index in [-0.39, 0.29) is 5.69 Å². The van der Waals surface area contributed by atoms with Crippen molar-refractivity contribution in [2.24, 2.45) is 5.92 Å². The Morgan fingerprint density at radius 3 is 2.48 bits per heavy atom. The van der Waals surface area contributed by atoms with Gasteiger partial charge in [-0.1, -0.05) is 24.3 Å². The highest BCUT2D eigenvalue weighted by atomic mass is 32.2. The number of hydrazine groups is 1. The third kappa shape index (κ3) is 4.26. The number of rotatable bonds is 5. The molecule has 0 saturated carbocycles. The van der Waals surface area contributed by atoms with Gasteiger partial charge in [-0.25, -0.2) is 18.2 Å². The number of nitrogens with one attached hydrogen (secondary N) is 4. The Labute approximate surface area is 157 Å². The van der Waals surface area contributed by atoms with Crippen LogP contribution in [0.25, 0.3) is 0 Å². The Balaban J connectivity index is 1.81. The number of carbonyl (C=O) groups excluding carboxylic acids is 1. The Kier molecular flexibility index (Phi) is 5.45. The number of amides is 1. The molecule has 27 heavy (non-hydrogen) atoms. The maximum absolute atomic E-state index is 14.0. The van der Waals surface area contributed by atoms with E-state index in [4.69, 9.17) is 0 Å². The molecule has 2 aromatic rings. The molecule has 1 heterocycles.